The second kappa shape index (κ2) is 4.38. The summed E-state index contributed by atoms with van der Waals surface area (Å²) in [5, 5.41) is 16.2. The normalized spacial score (nSPS) is 17.4. The first-order chi connectivity index (χ1) is 9.61. The van der Waals surface area contributed by atoms with E-state index in [0.29, 0.717) is 11.5 Å². The summed E-state index contributed by atoms with van der Waals surface area (Å²) >= 11 is 0. The maximum absolute atomic E-state index is 13.1. The highest BCUT2D eigenvalue weighted by Gasteiger charge is 2.33. The van der Waals surface area contributed by atoms with Gasteiger partial charge in [-0.2, -0.15) is 5.26 Å². The fourth-order valence-corrected chi connectivity index (χ4v) is 2.39. The summed E-state index contributed by atoms with van der Waals surface area (Å²) in [6, 6.07) is 8.04. The summed E-state index contributed by atoms with van der Waals surface area (Å²) in [5.74, 6) is -0.349. The van der Waals surface area contributed by atoms with Crippen LogP contribution in [0.25, 0.3) is 0 Å². The maximum Gasteiger partial charge on any atom is 0.244 e. The third-order valence-corrected chi connectivity index (χ3v) is 3.33. The molecule has 0 spiro atoms. The lowest BCUT2D eigenvalue weighted by Gasteiger charge is -2.23. The van der Waals surface area contributed by atoms with Gasteiger partial charge in [0.15, 0.2) is 0 Å². The standard InChI is InChI=1S/C14H11FN4O/c1-7-11-12(8-2-4-9(15)5-3-8)10(6-16)13(17)20-14(11)19-18-7/h2-5,12H,17H2,1H3,(H,18,19)/t12-/m1/s1. The first kappa shape index (κ1) is 12.2. The van der Waals surface area contributed by atoms with Crippen LogP contribution in [0.3, 0.4) is 0 Å². The molecule has 0 amide bonds. The van der Waals surface area contributed by atoms with Crippen LogP contribution in [0.4, 0.5) is 4.39 Å². The fraction of sp³-hybridized carbons (Fsp3) is 0.143. The predicted molar refractivity (Wildman–Crippen MR) is 69.0 cm³/mol. The number of aryl methyl sites for hydroxylation is 1. The molecule has 0 fully saturated rings. The summed E-state index contributed by atoms with van der Waals surface area (Å²) in [5.41, 5.74) is 8.38. The van der Waals surface area contributed by atoms with Gasteiger partial charge in [-0.1, -0.05) is 12.1 Å². The Bertz CT molecular complexity index is 740. The van der Waals surface area contributed by atoms with Gasteiger partial charge in [-0.3, -0.25) is 5.10 Å². The average molecular weight is 270 g/mol. The molecule has 2 heterocycles. The van der Waals surface area contributed by atoms with Crippen LogP contribution in [0.2, 0.25) is 0 Å². The lowest BCUT2D eigenvalue weighted by molar-refractivity contribution is 0.379. The zero-order valence-corrected chi connectivity index (χ0v) is 10.6. The first-order valence-electron chi connectivity index (χ1n) is 5.99. The van der Waals surface area contributed by atoms with Gasteiger partial charge >= 0.3 is 0 Å². The zero-order chi connectivity index (χ0) is 14.3. The number of nitrogens with one attached hydrogen (secondary N) is 1. The number of rotatable bonds is 1. The molecule has 100 valence electrons. The molecule has 20 heavy (non-hydrogen) atoms. The Balaban J connectivity index is 2.22. The van der Waals surface area contributed by atoms with E-state index in [2.05, 4.69) is 16.3 Å². The van der Waals surface area contributed by atoms with Crippen LogP contribution < -0.4 is 10.5 Å². The summed E-state index contributed by atoms with van der Waals surface area (Å²) in [4.78, 5) is 0. The number of nitriles is 1. The second-order valence-corrected chi connectivity index (χ2v) is 4.54. The number of halogens is 1. The van der Waals surface area contributed by atoms with Gasteiger partial charge in [-0.25, -0.2) is 4.39 Å². The van der Waals surface area contributed by atoms with Crippen LogP contribution in [-0.4, -0.2) is 10.2 Å². The molecule has 1 aliphatic rings. The maximum atomic E-state index is 13.1. The molecule has 1 atom stereocenters. The Morgan fingerprint density at radius 1 is 1.40 bits per heavy atom. The van der Waals surface area contributed by atoms with E-state index in [0.717, 1.165) is 16.8 Å². The molecular formula is C14H11FN4O. The fourth-order valence-electron chi connectivity index (χ4n) is 2.39. The van der Waals surface area contributed by atoms with Crippen molar-refractivity contribution in [3.05, 3.63) is 58.4 Å². The molecule has 3 rings (SSSR count). The van der Waals surface area contributed by atoms with Crippen LogP contribution in [0, 0.1) is 24.1 Å². The van der Waals surface area contributed by atoms with Gasteiger partial charge < -0.3 is 10.5 Å². The summed E-state index contributed by atoms with van der Waals surface area (Å²) in [6.07, 6.45) is 0. The minimum atomic E-state index is -0.400. The van der Waals surface area contributed by atoms with Crippen LogP contribution >= 0.6 is 0 Å². The van der Waals surface area contributed by atoms with E-state index < -0.39 is 5.92 Å². The lowest BCUT2D eigenvalue weighted by Crippen LogP contribution is -2.21. The molecule has 1 aromatic heterocycles. The molecular weight excluding hydrogens is 259 g/mol. The molecule has 0 saturated carbocycles. The van der Waals surface area contributed by atoms with E-state index in [4.69, 9.17) is 10.5 Å². The second-order valence-electron chi connectivity index (χ2n) is 4.54. The van der Waals surface area contributed by atoms with E-state index in [9.17, 15) is 9.65 Å². The van der Waals surface area contributed by atoms with Gasteiger partial charge in [0.1, 0.15) is 17.5 Å². The molecule has 2 aromatic rings. The number of fused-ring (bicyclic) bond motifs is 1. The number of nitrogens with zero attached hydrogens (tertiary/aromatic N) is 2. The molecule has 0 radical (unpaired) electrons. The highest BCUT2D eigenvalue weighted by molar-refractivity contribution is 5.54. The van der Waals surface area contributed by atoms with E-state index >= 15 is 0 Å². The Hall–Kier alpha value is -2.81. The highest BCUT2D eigenvalue weighted by Crippen LogP contribution is 2.42. The Kier molecular flexibility index (Phi) is 2.68. The number of benzene rings is 1. The number of allylic oxidation sites excluding steroid dienone is 1. The molecule has 0 bridgehead atoms. The third kappa shape index (κ3) is 1.72. The number of hydrogen-bond donors (Lipinski definition) is 2. The van der Waals surface area contributed by atoms with E-state index in [-0.39, 0.29) is 11.7 Å². The van der Waals surface area contributed by atoms with Gasteiger partial charge in [0.25, 0.3) is 0 Å². The van der Waals surface area contributed by atoms with Crippen molar-refractivity contribution in [2.45, 2.75) is 12.8 Å². The number of aromatic amines is 1. The summed E-state index contributed by atoms with van der Waals surface area (Å²) in [7, 11) is 0. The Morgan fingerprint density at radius 3 is 2.75 bits per heavy atom. The average Bonchev–Trinajstić information content (AvgIpc) is 2.79. The largest absolute Gasteiger partial charge is 0.420 e. The van der Waals surface area contributed by atoms with Crippen LogP contribution in [-0.2, 0) is 0 Å². The van der Waals surface area contributed by atoms with Crippen LogP contribution in [0.5, 0.6) is 5.88 Å². The van der Waals surface area contributed by atoms with Crippen molar-refractivity contribution in [2.75, 3.05) is 0 Å². The van der Waals surface area contributed by atoms with Crippen LogP contribution in [0.15, 0.2) is 35.7 Å². The molecule has 6 heteroatoms. The monoisotopic (exact) mass is 270 g/mol. The van der Waals surface area contributed by atoms with E-state index in [1.165, 1.54) is 12.1 Å². The van der Waals surface area contributed by atoms with Crippen molar-refractivity contribution in [2.24, 2.45) is 5.73 Å². The highest BCUT2D eigenvalue weighted by atomic mass is 19.1. The van der Waals surface area contributed by atoms with Crippen molar-refractivity contribution < 1.29 is 9.13 Å². The van der Waals surface area contributed by atoms with Crippen molar-refractivity contribution in [1.29, 1.82) is 5.26 Å². The van der Waals surface area contributed by atoms with Gasteiger partial charge in [0.2, 0.25) is 11.8 Å². The zero-order valence-electron chi connectivity index (χ0n) is 10.6. The van der Waals surface area contributed by atoms with Crippen molar-refractivity contribution >= 4 is 0 Å². The molecule has 3 N–H and O–H groups in total. The quantitative estimate of drug-likeness (QED) is 0.830. The molecule has 0 unspecified atom stereocenters. The molecule has 1 aromatic carbocycles. The molecule has 1 aliphatic heterocycles. The third-order valence-electron chi connectivity index (χ3n) is 3.33. The molecule has 0 saturated heterocycles. The van der Waals surface area contributed by atoms with Gasteiger partial charge in [0.05, 0.1) is 5.92 Å². The minimum Gasteiger partial charge on any atom is -0.420 e. The van der Waals surface area contributed by atoms with E-state index in [1.54, 1.807) is 12.1 Å². The number of aromatic nitrogens is 2. The molecule has 5 nitrogen and oxygen atoms in total. The number of nitrogens with two attached hydrogens (primary N) is 1. The van der Waals surface area contributed by atoms with Gasteiger partial charge in [0, 0.05) is 11.3 Å². The summed E-state index contributed by atoms with van der Waals surface area (Å²) in [6.45, 7) is 1.84. The predicted octanol–water partition coefficient (Wildman–Crippen LogP) is 2.08. The number of H-pyrrole nitrogens is 1. The van der Waals surface area contributed by atoms with Crippen molar-refractivity contribution in [3.8, 4) is 11.9 Å². The van der Waals surface area contributed by atoms with Gasteiger partial charge in [-0.15, -0.1) is 5.10 Å². The topological polar surface area (TPSA) is 87.7 Å². The Morgan fingerprint density at radius 2 is 2.10 bits per heavy atom. The number of ether oxygens (including phenoxy) is 1. The lowest BCUT2D eigenvalue weighted by atomic mass is 9.84. The minimum absolute atomic E-state index is 0.0285. The van der Waals surface area contributed by atoms with E-state index in [1.807, 2.05) is 6.92 Å². The van der Waals surface area contributed by atoms with Gasteiger partial charge in [-0.05, 0) is 24.6 Å². The Labute approximate surface area is 114 Å². The smallest absolute Gasteiger partial charge is 0.244 e. The van der Waals surface area contributed by atoms with Crippen molar-refractivity contribution in [1.82, 2.24) is 10.2 Å². The van der Waals surface area contributed by atoms with Crippen LogP contribution in [0.1, 0.15) is 22.7 Å². The number of hydrogen-bond acceptors (Lipinski definition) is 4. The first-order valence-corrected chi connectivity index (χ1v) is 5.99. The summed E-state index contributed by atoms with van der Waals surface area (Å²) < 4.78 is 18.4. The van der Waals surface area contributed by atoms with Crippen molar-refractivity contribution in [3.63, 3.8) is 0 Å². The molecule has 0 aliphatic carbocycles. The SMILES string of the molecule is Cc1[nH]nc2c1[C@H](c1ccc(F)cc1)C(C#N)=C(N)O2.